The number of nitrogens with two attached hydrogens (primary N) is 1. The summed E-state index contributed by atoms with van der Waals surface area (Å²) in [5.41, 5.74) is 8.24. The van der Waals surface area contributed by atoms with E-state index in [0.29, 0.717) is 5.70 Å². The molecule has 0 saturated heterocycles. The van der Waals surface area contributed by atoms with E-state index in [2.05, 4.69) is 6.92 Å². The van der Waals surface area contributed by atoms with Crippen LogP contribution in [0.2, 0.25) is 0 Å². The molecule has 1 rings (SSSR count). The largest absolute Gasteiger partial charge is 0.448 e. The second-order valence-electron chi connectivity index (χ2n) is 2.81. The van der Waals surface area contributed by atoms with E-state index in [-0.39, 0.29) is 31.1 Å². The normalized spacial score (nSPS) is 11.2. The molecule has 0 radical (unpaired) electrons. The third-order valence-electron chi connectivity index (χ3n) is 1.83. The van der Waals surface area contributed by atoms with Crippen LogP contribution < -0.4 is 5.73 Å². The van der Waals surface area contributed by atoms with Crippen LogP contribution in [-0.4, -0.2) is 4.86 Å². The van der Waals surface area contributed by atoms with Crippen LogP contribution in [0.5, 0.6) is 0 Å². The summed E-state index contributed by atoms with van der Waals surface area (Å²) in [5, 5.41) is 0. The number of rotatable bonds is 2. The summed E-state index contributed by atoms with van der Waals surface area (Å²) in [6, 6.07) is 9.71. The number of benzene rings is 1. The molecule has 1 aromatic carbocycles. The first-order chi connectivity index (χ1) is 6.13. The van der Waals surface area contributed by atoms with Crippen LogP contribution >= 0.6 is 12.2 Å². The fourth-order valence-electron chi connectivity index (χ4n) is 0.982. The Balaban J connectivity index is 0.00000169. The summed E-state index contributed by atoms with van der Waals surface area (Å²) in [7, 11) is 0. The molecular weight excluding hydrogens is 416 g/mol. The van der Waals surface area contributed by atoms with E-state index in [4.69, 9.17) is 18.0 Å². The molecule has 0 amide bonds. The van der Waals surface area contributed by atoms with Gasteiger partial charge >= 0.3 is 0 Å². The van der Waals surface area contributed by atoms with Crippen molar-refractivity contribution in [1.29, 1.82) is 0 Å². The zero-order chi connectivity index (χ0) is 9.84. The van der Waals surface area contributed by atoms with Gasteiger partial charge in [0, 0.05) is 31.1 Å². The van der Waals surface area contributed by atoms with E-state index in [1.54, 1.807) is 0 Å². The van der Waals surface area contributed by atoms with Crippen LogP contribution in [0, 0.1) is 38.0 Å². The van der Waals surface area contributed by atoms with Crippen molar-refractivity contribution in [1.82, 2.24) is 0 Å². The van der Waals surface area contributed by atoms with Gasteiger partial charge in [0.1, 0.15) is 0 Å². The first-order valence-electron chi connectivity index (χ1n) is 4.01. The van der Waals surface area contributed by atoms with Gasteiger partial charge in [-0.05, 0) is 0 Å². The van der Waals surface area contributed by atoms with Gasteiger partial charge in [0.05, 0.1) is 0 Å². The molecule has 0 heterocycles. The number of thiocarbonyl (C=S) groups is 1. The van der Waals surface area contributed by atoms with Crippen molar-refractivity contribution >= 4 is 22.8 Å². The second kappa shape index (κ2) is 6.29. The minimum Gasteiger partial charge on any atom is -0.448 e. The standard InChI is InChI=1S/C11H12NS.U/c1-8(9(2)13)11(12)10-6-4-3-5-7-10;/h3-7H,1,12H2,2H3;/q-1;/b11-8-;. The third-order valence-corrected chi connectivity index (χ3v) is 2.08. The van der Waals surface area contributed by atoms with E-state index in [1.165, 1.54) is 0 Å². The maximum atomic E-state index is 5.87. The van der Waals surface area contributed by atoms with Gasteiger partial charge in [-0.15, -0.1) is 0 Å². The molecule has 1 nitrogen and oxygen atoms in total. The maximum Gasteiger partial charge on any atom is 0 e. The minimum absolute atomic E-state index is 0. The van der Waals surface area contributed by atoms with E-state index >= 15 is 0 Å². The van der Waals surface area contributed by atoms with Gasteiger partial charge in [-0.1, -0.05) is 53.4 Å². The quantitative estimate of drug-likeness (QED) is 0.445. The molecule has 0 aliphatic carbocycles. The van der Waals surface area contributed by atoms with E-state index < -0.39 is 0 Å². The van der Waals surface area contributed by atoms with E-state index in [9.17, 15) is 0 Å². The van der Waals surface area contributed by atoms with Gasteiger partial charge in [-0.2, -0.15) is 24.7 Å². The van der Waals surface area contributed by atoms with Crippen molar-refractivity contribution in [3.63, 3.8) is 0 Å². The smallest absolute Gasteiger partial charge is 0 e. The summed E-state index contributed by atoms with van der Waals surface area (Å²) < 4.78 is 0. The molecule has 0 fully saturated rings. The van der Waals surface area contributed by atoms with E-state index in [0.717, 1.165) is 16.0 Å². The molecule has 0 aromatic heterocycles. The molecule has 3 heteroatoms. The van der Waals surface area contributed by atoms with Crippen molar-refractivity contribution in [3.8, 4) is 0 Å². The molecule has 0 atom stereocenters. The monoisotopic (exact) mass is 428 g/mol. The Morgan fingerprint density at radius 3 is 2.21 bits per heavy atom. The average Bonchev–Trinajstić information content (AvgIpc) is 2.17. The minimum atomic E-state index is 0. The zero-order valence-electron chi connectivity index (χ0n) is 8.08. The van der Waals surface area contributed by atoms with Crippen LogP contribution in [0.15, 0.2) is 35.9 Å². The van der Waals surface area contributed by atoms with Crippen molar-refractivity contribution in [3.05, 3.63) is 48.4 Å². The Hall–Kier alpha value is -0.228. The molecule has 14 heavy (non-hydrogen) atoms. The van der Waals surface area contributed by atoms with Gasteiger partial charge in [0.25, 0.3) is 0 Å². The summed E-state index contributed by atoms with van der Waals surface area (Å²) in [4.78, 5) is 0.737. The number of allylic oxidation sites excluding steroid dienone is 1. The Morgan fingerprint density at radius 2 is 1.79 bits per heavy atom. The maximum absolute atomic E-state index is 5.87. The first kappa shape index (κ1) is 13.8. The van der Waals surface area contributed by atoms with Crippen LogP contribution in [0.1, 0.15) is 12.5 Å². The summed E-state index contributed by atoms with van der Waals surface area (Å²) in [5.74, 6) is 0. The van der Waals surface area contributed by atoms with Gasteiger partial charge in [-0.3, -0.25) is 0 Å². The van der Waals surface area contributed by atoms with Crippen LogP contribution in [0.3, 0.4) is 0 Å². The Labute approximate surface area is 114 Å². The number of hydrogen-bond donors (Lipinski definition) is 1. The predicted molar refractivity (Wildman–Crippen MR) is 61.2 cm³/mol. The molecule has 72 valence electrons. The molecule has 1 aromatic rings. The molecular formula is C11H12NSU-. The Bertz CT molecular complexity index is 344. The van der Waals surface area contributed by atoms with E-state index in [1.807, 2.05) is 37.3 Å². The fourth-order valence-corrected chi connectivity index (χ4v) is 1.09. The topological polar surface area (TPSA) is 26.0 Å². The van der Waals surface area contributed by atoms with Crippen molar-refractivity contribution in [2.75, 3.05) is 0 Å². The molecule has 0 saturated carbocycles. The number of hydrogen-bond acceptors (Lipinski definition) is 2. The molecule has 0 bridgehead atoms. The predicted octanol–water partition coefficient (Wildman–Crippen LogP) is 2.58. The van der Waals surface area contributed by atoms with Crippen LogP contribution in [-0.2, 0) is 0 Å². The first-order valence-corrected chi connectivity index (χ1v) is 4.42. The summed E-state index contributed by atoms with van der Waals surface area (Å²) in [6.07, 6.45) is 0. The molecule has 0 aliphatic heterocycles. The Morgan fingerprint density at radius 1 is 1.29 bits per heavy atom. The summed E-state index contributed by atoms with van der Waals surface area (Å²) in [6.45, 7) is 5.65. The van der Waals surface area contributed by atoms with Crippen molar-refractivity contribution in [2.45, 2.75) is 6.92 Å². The fraction of sp³-hybridized carbons (Fsp3) is 0.0909. The van der Waals surface area contributed by atoms with Gasteiger partial charge in [0.15, 0.2) is 0 Å². The zero-order valence-corrected chi connectivity index (χ0v) is 13.1. The van der Waals surface area contributed by atoms with Gasteiger partial charge in [-0.25, -0.2) is 0 Å². The van der Waals surface area contributed by atoms with Crippen molar-refractivity contribution in [2.24, 2.45) is 5.73 Å². The SMILES string of the molecule is [CH2-]/C(C(C)=S)=C(/N)c1ccccc1.[U]. The van der Waals surface area contributed by atoms with Crippen LogP contribution in [0.4, 0.5) is 0 Å². The average molecular weight is 428 g/mol. The third kappa shape index (κ3) is 3.49. The van der Waals surface area contributed by atoms with Crippen LogP contribution in [0.25, 0.3) is 5.70 Å². The summed E-state index contributed by atoms with van der Waals surface area (Å²) >= 11 is 4.99. The molecule has 2 N–H and O–H groups in total. The van der Waals surface area contributed by atoms with Gasteiger partial charge < -0.3 is 5.73 Å². The molecule has 0 spiro atoms. The van der Waals surface area contributed by atoms with Crippen molar-refractivity contribution < 1.29 is 31.1 Å². The Kier molecular flexibility index (Phi) is 6.19. The molecule has 0 unspecified atom stereocenters. The molecule has 0 aliphatic rings. The van der Waals surface area contributed by atoms with Gasteiger partial charge in [0.2, 0.25) is 0 Å². The second-order valence-corrected chi connectivity index (χ2v) is 3.43.